The summed E-state index contributed by atoms with van der Waals surface area (Å²) in [5.41, 5.74) is 3.36. The van der Waals surface area contributed by atoms with Gasteiger partial charge in [-0.25, -0.2) is 4.79 Å². The molecule has 1 saturated heterocycles. The van der Waals surface area contributed by atoms with Crippen molar-refractivity contribution in [1.82, 2.24) is 10.2 Å². The number of carbonyl (C=O) groups excluding carboxylic acids is 3. The molecule has 0 bridgehead atoms. The lowest BCUT2D eigenvalue weighted by Gasteiger charge is -2.31. The molecule has 178 valence electrons. The van der Waals surface area contributed by atoms with Crippen molar-refractivity contribution in [3.05, 3.63) is 64.1 Å². The zero-order chi connectivity index (χ0) is 24.2. The molecule has 2 aliphatic rings. The van der Waals surface area contributed by atoms with E-state index in [9.17, 15) is 14.4 Å². The Balaban J connectivity index is 1.43. The van der Waals surface area contributed by atoms with E-state index >= 15 is 0 Å². The van der Waals surface area contributed by atoms with E-state index in [-0.39, 0.29) is 23.9 Å². The molecule has 34 heavy (non-hydrogen) atoms. The van der Waals surface area contributed by atoms with Gasteiger partial charge in [-0.2, -0.15) is 0 Å². The Morgan fingerprint density at radius 1 is 1.18 bits per heavy atom. The minimum atomic E-state index is -0.303. The minimum Gasteiger partial charge on any atom is -0.450 e. The third kappa shape index (κ3) is 5.28. The fourth-order valence-electron chi connectivity index (χ4n) is 4.14. The van der Waals surface area contributed by atoms with E-state index in [2.05, 4.69) is 5.32 Å². The monoisotopic (exact) mass is 479 g/mol. The van der Waals surface area contributed by atoms with Crippen LogP contribution >= 0.6 is 11.8 Å². The number of benzene rings is 2. The van der Waals surface area contributed by atoms with Gasteiger partial charge in [0.2, 0.25) is 0 Å². The van der Waals surface area contributed by atoms with Crippen molar-refractivity contribution in [1.29, 1.82) is 0 Å². The summed E-state index contributed by atoms with van der Waals surface area (Å²) in [5, 5.41) is 3.07. The van der Waals surface area contributed by atoms with Crippen LogP contribution in [0.4, 0.5) is 10.5 Å². The summed E-state index contributed by atoms with van der Waals surface area (Å²) >= 11 is 1.42. The first-order valence-electron chi connectivity index (χ1n) is 11.5. The first-order valence-corrected chi connectivity index (χ1v) is 12.3. The van der Waals surface area contributed by atoms with Gasteiger partial charge in [-0.05, 0) is 56.5 Å². The van der Waals surface area contributed by atoms with Gasteiger partial charge in [-0.1, -0.05) is 41.6 Å². The van der Waals surface area contributed by atoms with Crippen LogP contribution in [0, 0.1) is 6.92 Å². The average molecular weight is 480 g/mol. The van der Waals surface area contributed by atoms with Crippen LogP contribution in [0.1, 0.15) is 41.3 Å². The molecule has 2 heterocycles. The number of thioether (sulfide) groups is 1. The molecule has 0 aromatic heterocycles. The van der Waals surface area contributed by atoms with Gasteiger partial charge in [0, 0.05) is 36.6 Å². The smallest absolute Gasteiger partial charge is 0.409 e. The Kier molecular flexibility index (Phi) is 7.26. The molecule has 1 N–H and O–H groups in total. The maximum Gasteiger partial charge on any atom is 0.409 e. The zero-order valence-corrected chi connectivity index (χ0v) is 20.5. The zero-order valence-electron chi connectivity index (χ0n) is 19.7. The highest BCUT2D eigenvalue weighted by atomic mass is 32.2. The Morgan fingerprint density at radius 2 is 1.94 bits per heavy atom. The number of carbonyl (C=O) groups is 3. The SMILES string of the molecule is CCOC(=O)N1CCC(NC(=O)c2ccc3c(c2)N(C)C(=O)C(=Cc2cccc(C)c2)S3)CC1. The number of nitrogens with one attached hydrogen (secondary N) is 1. The van der Waals surface area contributed by atoms with Crippen LogP contribution < -0.4 is 10.2 Å². The van der Waals surface area contributed by atoms with Crippen LogP contribution in [0.5, 0.6) is 0 Å². The van der Waals surface area contributed by atoms with Crippen molar-refractivity contribution in [2.75, 3.05) is 31.6 Å². The number of nitrogens with zero attached hydrogens (tertiary/aromatic N) is 2. The Labute approximate surface area is 204 Å². The molecule has 0 aliphatic carbocycles. The predicted molar refractivity (Wildman–Crippen MR) is 134 cm³/mol. The third-order valence-corrected chi connectivity index (χ3v) is 7.09. The number of fused-ring (bicyclic) bond motifs is 1. The van der Waals surface area contributed by atoms with Crippen molar-refractivity contribution in [2.45, 2.75) is 37.6 Å². The van der Waals surface area contributed by atoms with Gasteiger partial charge in [0.15, 0.2) is 0 Å². The fraction of sp³-hybridized carbons (Fsp3) is 0.346. The maximum absolute atomic E-state index is 13.0. The highest BCUT2D eigenvalue weighted by molar-refractivity contribution is 8.04. The molecule has 0 radical (unpaired) electrons. The van der Waals surface area contributed by atoms with Crippen molar-refractivity contribution in [3.63, 3.8) is 0 Å². The Hall–Kier alpha value is -3.26. The van der Waals surface area contributed by atoms with Gasteiger partial charge in [0.05, 0.1) is 17.2 Å². The van der Waals surface area contributed by atoms with E-state index < -0.39 is 0 Å². The highest BCUT2D eigenvalue weighted by Crippen LogP contribution is 2.42. The van der Waals surface area contributed by atoms with Gasteiger partial charge in [-0.15, -0.1) is 0 Å². The lowest BCUT2D eigenvalue weighted by Crippen LogP contribution is -2.46. The van der Waals surface area contributed by atoms with E-state index in [0.717, 1.165) is 21.7 Å². The number of likely N-dealkylation sites (N-methyl/N-ethyl adjacent to an activating group) is 1. The summed E-state index contributed by atoms with van der Waals surface area (Å²) in [7, 11) is 1.73. The largest absolute Gasteiger partial charge is 0.450 e. The first-order chi connectivity index (χ1) is 16.4. The molecule has 7 nitrogen and oxygen atoms in total. The van der Waals surface area contributed by atoms with Crippen molar-refractivity contribution < 1.29 is 19.1 Å². The summed E-state index contributed by atoms with van der Waals surface area (Å²) in [6.07, 6.45) is 2.96. The minimum absolute atomic E-state index is 0.00758. The van der Waals surface area contributed by atoms with E-state index in [4.69, 9.17) is 4.74 Å². The normalized spacial score (nSPS) is 17.5. The molecular weight excluding hydrogens is 450 g/mol. The van der Waals surface area contributed by atoms with Crippen molar-refractivity contribution in [3.8, 4) is 0 Å². The van der Waals surface area contributed by atoms with E-state index in [0.29, 0.717) is 43.0 Å². The maximum atomic E-state index is 13.0. The summed E-state index contributed by atoms with van der Waals surface area (Å²) in [4.78, 5) is 42.6. The summed E-state index contributed by atoms with van der Waals surface area (Å²) < 4.78 is 5.05. The summed E-state index contributed by atoms with van der Waals surface area (Å²) in [5.74, 6) is -0.271. The average Bonchev–Trinajstić information content (AvgIpc) is 2.83. The number of ether oxygens (including phenoxy) is 1. The molecule has 2 aromatic rings. The molecule has 4 rings (SSSR count). The van der Waals surface area contributed by atoms with Crippen LogP contribution in [0.15, 0.2) is 52.3 Å². The van der Waals surface area contributed by atoms with Crippen molar-refractivity contribution in [2.24, 2.45) is 0 Å². The number of hydrogen-bond acceptors (Lipinski definition) is 5. The molecule has 8 heteroatoms. The van der Waals surface area contributed by atoms with Crippen LogP contribution in [0.2, 0.25) is 0 Å². The van der Waals surface area contributed by atoms with Gasteiger partial charge in [0.25, 0.3) is 11.8 Å². The summed E-state index contributed by atoms with van der Waals surface area (Å²) in [6.45, 7) is 5.27. The van der Waals surface area contributed by atoms with Crippen LogP contribution in [-0.2, 0) is 9.53 Å². The molecule has 0 spiro atoms. The Bertz CT molecular complexity index is 1140. The number of amides is 3. The second kappa shape index (κ2) is 10.3. The topological polar surface area (TPSA) is 79.0 Å². The quantitative estimate of drug-likeness (QED) is 0.656. The lowest BCUT2D eigenvalue weighted by molar-refractivity contribution is -0.114. The lowest BCUT2D eigenvalue weighted by atomic mass is 10.0. The fourth-order valence-corrected chi connectivity index (χ4v) is 5.23. The van der Waals surface area contributed by atoms with Crippen LogP contribution in [0.3, 0.4) is 0 Å². The predicted octanol–water partition coefficient (Wildman–Crippen LogP) is 4.46. The molecular formula is C26H29N3O4S. The van der Waals surface area contributed by atoms with Gasteiger partial charge < -0.3 is 19.9 Å². The highest BCUT2D eigenvalue weighted by Gasteiger charge is 2.28. The molecule has 2 aromatic carbocycles. The number of anilines is 1. The second-order valence-electron chi connectivity index (χ2n) is 8.51. The number of rotatable bonds is 4. The second-order valence-corrected chi connectivity index (χ2v) is 9.59. The van der Waals surface area contributed by atoms with E-state index in [1.54, 1.807) is 35.9 Å². The molecule has 0 saturated carbocycles. The molecule has 3 amide bonds. The van der Waals surface area contributed by atoms with E-state index in [1.807, 2.05) is 43.3 Å². The number of piperidine rings is 1. The van der Waals surface area contributed by atoms with Crippen LogP contribution in [0.25, 0.3) is 6.08 Å². The van der Waals surface area contributed by atoms with Crippen LogP contribution in [-0.4, -0.2) is 55.6 Å². The molecule has 1 fully saturated rings. The summed E-state index contributed by atoms with van der Waals surface area (Å²) in [6, 6.07) is 13.5. The van der Waals surface area contributed by atoms with E-state index in [1.165, 1.54) is 11.8 Å². The Morgan fingerprint density at radius 3 is 2.65 bits per heavy atom. The first kappa shape index (κ1) is 23.9. The number of aryl methyl sites for hydroxylation is 1. The number of likely N-dealkylation sites (tertiary alicyclic amines) is 1. The third-order valence-electron chi connectivity index (χ3n) is 6.01. The van der Waals surface area contributed by atoms with Gasteiger partial charge in [-0.3, -0.25) is 9.59 Å². The molecule has 2 aliphatic heterocycles. The van der Waals surface area contributed by atoms with Gasteiger partial charge >= 0.3 is 6.09 Å². The molecule has 0 unspecified atom stereocenters. The molecule has 0 atom stereocenters. The van der Waals surface area contributed by atoms with Gasteiger partial charge in [0.1, 0.15) is 0 Å². The van der Waals surface area contributed by atoms with Crippen molar-refractivity contribution >= 4 is 41.4 Å². The standard InChI is InChI=1S/C26H29N3O4S/c1-4-33-26(32)29-12-10-20(11-13-29)27-24(30)19-8-9-22-21(16-19)28(3)25(31)23(34-22)15-18-7-5-6-17(2)14-18/h5-9,14-16,20H,4,10-13H2,1-3H3,(H,27,30). The number of hydrogen-bond donors (Lipinski definition) is 1.